The van der Waals surface area contributed by atoms with E-state index in [0.29, 0.717) is 12.8 Å². The number of hydrogen-bond donors (Lipinski definition) is 1. The van der Waals surface area contributed by atoms with E-state index in [1.165, 1.54) is 6.92 Å². The number of hydrogen-bond acceptors (Lipinski definition) is 10. The summed E-state index contributed by atoms with van der Waals surface area (Å²) >= 11 is 0. The topological polar surface area (TPSA) is 151 Å². The lowest BCUT2D eigenvalue weighted by Gasteiger charge is -2.31. The lowest BCUT2D eigenvalue weighted by Crippen LogP contribution is -2.49. The van der Waals surface area contributed by atoms with E-state index in [9.17, 15) is 28.8 Å². The van der Waals surface area contributed by atoms with Gasteiger partial charge in [0.05, 0.1) is 13.2 Å². The molecular formula is C26H43NO10. The average molecular weight is 530 g/mol. The fourth-order valence-electron chi connectivity index (χ4n) is 3.76. The molecule has 212 valence electrons. The lowest BCUT2D eigenvalue weighted by atomic mass is 10.0. The Morgan fingerprint density at radius 1 is 0.703 bits per heavy atom. The number of carbonyl (C=O) groups is 6. The van der Waals surface area contributed by atoms with Crippen LogP contribution in [0.4, 0.5) is 0 Å². The number of amides is 1. The normalized spacial score (nSPS) is 13.0. The van der Waals surface area contributed by atoms with E-state index in [0.717, 1.165) is 58.8 Å². The Balaban J connectivity index is 4.70. The zero-order valence-corrected chi connectivity index (χ0v) is 22.6. The average Bonchev–Trinajstić information content (AvgIpc) is 2.80. The van der Waals surface area contributed by atoms with Gasteiger partial charge >= 0.3 is 17.9 Å². The van der Waals surface area contributed by atoms with Crippen LogP contribution in [0.2, 0.25) is 0 Å². The van der Waals surface area contributed by atoms with Crippen LogP contribution in [-0.4, -0.2) is 67.5 Å². The largest absolute Gasteiger partial charge is 0.466 e. The van der Waals surface area contributed by atoms with Crippen molar-refractivity contribution in [2.75, 3.05) is 13.2 Å². The molecular weight excluding hydrogens is 486 g/mol. The molecule has 3 unspecified atom stereocenters. The number of unbranched alkanes of at least 4 members (excludes halogenated alkanes) is 7. The molecule has 1 amide bonds. The summed E-state index contributed by atoms with van der Waals surface area (Å²) in [6, 6.07) is 0. The van der Waals surface area contributed by atoms with Gasteiger partial charge in [-0.3, -0.25) is 24.0 Å². The zero-order chi connectivity index (χ0) is 28.1. The molecule has 0 aliphatic carbocycles. The highest BCUT2D eigenvalue weighted by Gasteiger charge is 2.36. The molecule has 0 radical (unpaired) electrons. The van der Waals surface area contributed by atoms with Crippen molar-refractivity contribution >= 4 is 36.1 Å². The van der Waals surface area contributed by atoms with Gasteiger partial charge in [-0.05, 0) is 19.8 Å². The van der Waals surface area contributed by atoms with Gasteiger partial charge in [0.2, 0.25) is 5.91 Å². The molecule has 0 aliphatic heterocycles. The summed E-state index contributed by atoms with van der Waals surface area (Å²) in [6.45, 7) is 5.00. The van der Waals surface area contributed by atoms with E-state index in [1.807, 2.05) is 0 Å². The highest BCUT2D eigenvalue weighted by Crippen LogP contribution is 2.17. The summed E-state index contributed by atoms with van der Waals surface area (Å²) in [5, 5.41) is 2.68. The van der Waals surface area contributed by atoms with Gasteiger partial charge in [-0.1, -0.05) is 38.5 Å². The minimum Gasteiger partial charge on any atom is -0.466 e. The van der Waals surface area contributed by atoms with Crippen LogP contribution in [-0.2, 0) is 47.7 Å². The SMILES string of the molecule is CC(=O)CCCCCCCCCCC(=O)NCC(OC(C)=O)C(OC=O)C(CCOC(C)=O)OC(C)=O. The first kappa shape index (κ1) is 34.0. The summed E-state index contributed by atoms with van der Waals surface area (Å²) in [5.74, 6) is -1.92. The van der Waals surface area contributed by atoms with Crippen LogP contribution in [0.5, 0.6) is 0 Å². The van der Waals surface area contributed by atoms with E-state index in [-0.39, 0.29) is 44.2 Å². The van der Waals surface area contributed by atoms with Crippen LogP contribution in [0.1, 0.15) is 98.3 Å². The monoisotopic (exact) mass is 529 g/mol. The molecule has 11 heteroatoms. The van der Waals surface area contributed by atoms with Crippen molar-refractivity contribution in [1.29, 1.82) is 0 Å². The van der Waals surface area contributed by atoms with Crippen LogP contribution in [0.3, 0.4) is 0 Å². The number of nitrogens with one attached hydrogen (secondary N) is 1. The van der Waals surface area contributed by atoms with Crippen LogP contribution in [0.15, 0.2) is 0 Å². The van der Waals surface area contributed by atoms with Gasteiger partial charge in [0, 0.05) is 40.0 Å². The first-order chi connectivity index (χ1) is 17.6. The van der Waals surface area contributed by atoms with E-state index >= 15 is 0 Å². The van der Waals surface area contributed by atoms with Gasteiger partial charge in [0.25, 0.3) is 6.47 Å². The molecule has 0 spiro atoms. The molecule has 0 bridgehead atoms. The van der Waals surface area contributed by atoms with Gasteiger partial charge in [0.1, 0.15) is 11.9 Å². The maximum absolute atomic E-state index is 12.3. The van der Waals surface area contributed by atoms with Crippen molar-refractivity contribution in [2.45, 2.75) is 117 Å². The highest BCUT2D eigenvalue weighted by molar-refractivity contribution is 5.76. The summed E-state index contributed by atoms with van der Waals surface area (Å²) in [7, 11) is 0. The number of Topliss-reactive ketones (excluding diaryl/α,β-unsaturated/α-hetero) is 1. The van der Waals surface area contributed by atoms with Gasteiger partial charge in [-0.15, -0.1) is 0 Å². The van der Waals surface area contributed by atoms with Gasteiger partial charge in [0.15, 0.2) is 12.2 Å². The smallest absolute Gasteiger partial charge is 0.303 e. The second kappa shape index (κ2) is 21.1. The number of carbonyl (C=O) groups excluding carboxylic acids is 6. The van der Waals surface area contributed by atoms with Crippen molar-refractivity contribution in [2.24, 2.45) is 0 Å². The zero-order valence-electron chi connectivity index (χ0n) is 22.6. The molecule has 3 atom stereocenters. The van der Waals surface area contributed by atoms with Gasteiger partial charge in [-0.25, -0.2) is 0 Å². The predicted octanol–water partition coefficient (Wildman–Crippen LogP) is 2.95. The molecule has 0 fully saturated rings. The Hall–Kier alpha value is -2.98. The summed E-state index contributed by atoms with van der Waals surface area (Å²) < 4.78 is 20.5. The van der Waals surface area contributed by atoms with Crippen LogP contribution < -0.4 is 5.32 Å². The molecule has 1 N–H and O–H groups in total. The van der Waals surface area contributed by atoms with E-state index < -0.39 is 36.2 Å². The maximum Gasteiger partial charge on any atom is 0.303 e. The first-order valence-corrected chi connectivity index (χ1v) is 12.9. The van der Waals surface area contributed by atoms with Gasteiger partial charge < -0.3 is 29.1 Å². The van der Waals surface area contributed by atoms with E-state index in [4.69, 9.17) is 18.9 Å². The Labute approximate surface area is 219 Å². The van der Waals surface area contributed by atoms with Crippen molar-refractivity contribution in [3.05, 3.63) is 0 Å². The third-order valence-corrected chi connectivity index (χ3v) is 5.47. The Kier molecular flexibility index (Phi) is 19.4. The number of esters is 3. The third kappa shape index (κ3) is 19.8. The fourth-order valence-corrected chi connectivity index (χ4v) is 3.76. The standard InChI is InChI=1S/C26H43NO10/c1-19(29)13-11-9-7-5-6-8-10-12-14-25(33)27-17-24(37-22(4)32)26(35-18-28)23(36-21(3)31)15-16-34-20(2)30/h18,23-24,26H,5-17H2,1-4H3,(H,27,33). The Morgan fingerprint density at radius 2 is 1.22 bits per heavy atom. The number of ether oxygens (including phenoxy) is 4. The summed E-state index contributed by atoms with van der Waals surface area (Å²) in [4.78, 5) is 68.7. The van der Waals surface area contributed by atoms with E-state index in [1.54, 1.807) is 6.92 Å². The van der Waals surface area contributed by atoms with Crippen molar-refractivity contribution in [1.82, 2.24) is 5.32 Å². The molecule has 0 aromatic heterocycles. The Morgan fingerprint density at radius 3 is 1.70 bits per heavy atom. The van der Waals surface area contributed by atoms with Gasteiger partial charge in [-0.2, -0.15) is 0 Å². The molecule has 0 aromatic rings. The Bertz CT molecular complexity index is 724. The summed E-state index contributed by atoms with van der Waals surface area (Å²) in [6.07, 6.45) is 5.37. The molecule has 0 saturated carbocycles. The predicted molar refractivity (Wildman–Crippen MR) is 133 cm³/mol. The number of ketones is 1. The van der Waals surface area contributed by atoms with E-state index in [2.05, 4.69) is 5.32 Å². The molecule has 37 heavy (non-hydrogen) atoms. The molecule has 0 rings (SSSR count). The minimum atomic E-state index is -1.23. The maximum atomic E-state index is 12.3. The quantitative estimate of drug-likeness (QED) is 0.0959. The minimum absolute atomic E-state index is 0.0138. The lowest BCUT2D eigenvalue weighted by molar-refractivity contribution is -0.178. The van der Waals surface area contributed by atoms with Crippen LogP contribution in [0.25, 0.3) is 0 Å². The van der Waals surface area contributed by atoms with Crippen molar-refractivity contribution in [3.63, 3.8) is 0 Å². The second-order valence-corrected chi connectivity index (χ2v) is 8.96. The molecule has 11 nitrogen and oxygen atoms in total. The second-order valence-electron chi connectivity index (χ2n) is 8.96. The molecule has 0 aliphatic rings. The third-order valence-electron chi connectivity index (χ3n) is 5.47. The molecule has 0 aromatic carbocycles. The van der Waals surface area contributed by atoms with Crippen molar-refractivity contribution in [3.8, 4) is 0 Å². The first-order valence-electron chi connectivity index (χ1n) is 12.9. The van der Waals surface area contributed by atoms with Crippen molar-refractivity contribution < 1.29 is 47.7 Å². The molecule has 0 heterocycles. The molecule has 0 saturated heterocycles. The highest BCUT2D eigenvalue weighted by atomic mass is 16.6. The summed E-state index contributed by atoms with van der Waals surface area (Å²) in [5.41, 5.74) is 0. The van der Waals surface area contributed by atoms with Crippen LogP contribution >= 0.6 is 0 Å². The fraction of sp³-hybridized carbons (Fsp3) is 0.769. The number of rotatable bonds is 22. The van der Waals surface area contributed by atoms with Crippen LogP contribution in [0, 0.1) is 0 Å².